The molecule has 1 unspecified atom stereocenters. The van der Waals surface area contributed by atoms with Crippen molar-refractivity contribution in [2.45, 2.75) is 19.4 Å². The number of hydrogen-bond donors (Lipinski definition) is 2. The number of ether oxygens (including phenoxy) is 1. The maximum absolute atomic E-state index is 12.1. The normalized spacial score (nSPS) is 18.6. The summed E-state index contributed by atoms with van der Waals surface area (Å²) in [6.45, 7) is 4.20. The predicted molar refractivity (Wildman–Crippen MR) is 76.5 cm³/mol. The topological polar surface area (TPSA) is 67.6 Å². The third-order valence-corrected chi connectivity index (χ3v) is 3.42. The minimum atomic E-state index is -0.0571. The van der Waals surface area contributed by atoms with E-state index >= 15 is 0 Å². The van der Waals surface area contributed by atoms with E-state index in [0.717, 1.165) is 25.2 Å². The molecule has 1 heterocycles. The fraction of sp³-hybridized carbons (Fsp3) is 0.500. The molecule has 5 nitrogen and oxygen atoms in total. The van der Waals surface area contributed by atoms with E-state index in [9.17, 15) is 4.79 Å². The van der Waals surface area contributed by atoms with Crippen LogP contribution in [0.3, 0.4) is 0 Å². The molecule has 1 amide bonds. The van der Waals surface area contributed by atoms with Crippen molar-refractivity contribution >= 4 is 17.3 Å². The minimum Gasteiger partial charge on any atom is -0.399 e. The van der Waals surface area contributed by atoms with Crippen molar-refractivity contribution in [2.75, 3.05) is 37.4 Å². The fourth-order valence-corrected chi connectivity index (χ4v) is 2.40. The third kappa shape index (κ3) is 2.98. The lowest BCUT2D eigenvalue weighted by Crippen LogP contribution is -2.28. The van der Waals surface area contributed by atoms with Gasteiger partial charge in [0, 0.05) is 32.4 Å². The van der Waals surface area contributed by atoms with Crippen molar-refractivity contribution in [2.24, 2.45) is 0 Å². The molecule has 1 aromatic carbocycles. The predicted octanol–water partition coefficient (Wildman–Crippen LogP) is 1.24. The molecule has 1 aliphatic rings. The van der Waals surface area contributed by atoms with E-state index in [2.05, 4.69) is 10.2 Å². The number of carbonyl (C=O) groups is 1. The number of methoxy groups -OCH3 is 1. The number of nitrogens with two attached hydrogens (primary N) is 1. The Hall–Kier alpha value is -1.75. The van der Waals surface area contributed by atoms with Gasteiger partial charge in [0.05, 0.1) is 17.4 Å². The van der Waals surface area contributed by atoms with Crippen LogP contribution in [0.25, 0.3) is 0 Å². The highest BCUT2D eigenvalue weighted by Gasteiger charge is 2.25. The van der Waals surface area contributed by atoms with Gasteiger partial charge in [-0.05, 0) is 31.5 Å². The Morgan fingerprint density at radius 1 is 1.58 bits per heavy atom. The number of anilines is 2. The molecule has 3 N–H and O–H groups in total. The van der Waals surface area contributed by atoms with Crippen molar-refractivity contribution in [1.29, 1.82) is 0 Å². The quantitative estimate of drug-likeness (QED) is 0.802. The van der Waals surface area contributed by atoms with Gasteiger partial charge < -0.3 is 20.7 Å². The average Bonchev–Trinajstić information content (AvgIpc) is 2.87. The van der Waals surface area contributed by atoms with E-state index < -0.39 is 0 Å². The minimum absolute atomic E-state index is 0.0571. The maximum Gasteiger partial charge on any atom is 0.253 e. The van der Waals surface area contributed by atoms with E-state index in [1.807, 2.05) is 13.0 Å². The third-order valence-electron chi connectivity index (χ3n) is 3.42. The number of carbonyl (C=O) groups excluding carboxylic acids is 1. The first-order valence-electron chi connectivity index (χ1n) is 6.61. The molecular formula is C14H21N3O2. The second-order valence-electron chi connectivity index (χ2n) is 4.73. The molecule has 5 heteroatoms. The zero-order chi connectivity index (χ0) is 13.8. The van der Waals surface area contributed by atoms with Crippen LogP contribution in [0.2, 0.25) is 0 Å². The van der Waals surface area contributed by atoms with Crippen LogP contribution in [0.1, 0.15) is 23.7 Å². The number of nitrogens with one attached hydrogen (secondary N) is 1. The molecular weight excluding hydrogens is 242 g/mol. The van der Waals surface area contributed by atoms with Crippen molar-refractivity contribution < 1.29 is 9.53 Å². The van der Waals surface area contributed by atoms with E-state index in [1.165, 1.54) is 0 Å². The molecule has 1 aromatic rings. The lowest BCUT2D eigenvalue weighted by molar-refractivity contribution is 0.0956. The smallest absolute Gasteiger partial charge is 0.253 e. The van der Waals surface area contributed by atoms with Crippen molar-refractivity contribution in [1.82, 2.24) is 5.32 Å². The highest BCUT2D eigenvalue weighted by atomic mass is 16.5. The van der Waals surface area contributed by atoms with Gasteiger partial charge in [-0.15, -0.1) is 0 Å². The first-order valence-corrected chi connectivity index (χ1v) is 6.61. The first kappa shape index (κ1) is 13.7. The number of nitrogens with zero attached hydrogens (tertiary/aromatic N) is 1. The summed E-state index contributed by atoms with van der Waals surface area (Å²) in [6, 6.07) is 5.41. The molecule has 0 saturated carbocycles. The highest BCUT2D eigenvalue weighted by Crippen LogP contribution is 2.27. The van der Waals surface area contributed by atoms with Crippen LogP contribution in [0.4, 0.5) is 11.4 Å². The zero-order valence-corrected chi connectivity index (χ0v) is 11.5. The van der Waals surface area contributed by atoms with Gasteiger partial charge in [0.15, 0.2) is 0 Å². The van der Waals surface area contributed by atoms with Crippen LogP contribution in [0.15, 0.2) is 18.2 Å². The largest absolute Gasteiger partial charge is 0.399 e. The molecule has 2 rings (SSSR count). The summed E-state index contributed by atoms with van der Waals surface area (Å²) in [6.07, 6.45) is 1.20. The Bertz CT molecular complexity index is 462. The van der Waals surface area contributed by atoms with Crippen LogP contribution in [0.5, 0.6) is 0 Å². The molecule has 1 fully saturated rings. The molecule has 1 saturated heterocycles. The molecule has 1 atom stereocenters. The number of amides is 1. The van der Waals surface area contributed by atoms with E-state index in [1.54, 1.807) is 19.2 Å². The Morgan fingerprint density at radius 3 is 3.00 bits per heavy atom. The number of benzene rings is 1. The van der Waals surface area contributed by atoms with Gasteiger partial charge >= 0.3 is 0 Å². The molecule has 0 aromatic heterocycles. The van der Waals surface area contributed by atoms with E-state index in [0.29, 0.717) is 17.8 Å². The molecule has 0 bridgehead atoms. The van der Waals surface area contributed by atoms with Gasteiger partial charge in [-0.3, -0.25) is 4.79 Å². The van der Waals surface area contributed by atoms with Crippen LogP contribution in [-0.4, -0.2) is 38.8 Å². The van der Waals surface area contributed by atoms with Crippen LogP contribution < -0.4 is 16.0 Å². The first-order chi connectivity index (χ1) is 9.15. The molecule has 0 aliphatic carbocycles. The van der Waals surface area contributed by atoms with E-state index in [4.69, 9.17) is 10.5 Å². The summed E-state index contributed by atoms with van der Waals surface area (Å²) in [5.41, 5.74) is 8.08. The van der Waals surface area contributed by atoms with Crippen LogP contribution in [0, 0.1) is 0 Å². The molecule has 19 heavy (non-hydrogen) atoms. The molecule has 0 radical (unpaired) electrons. The summed E-state index contributed by atoms with van der Waals surface area (Å²) in [5.74, 6) is -0.0571. The Morgan fingerprint density at radius 2 is 2.37 bits per heavy atom. The van der Waals surface area contributed by atoms with Crippen LogP contribution in [-0.2, 0) is 4.74 Å². The summed E-state index contributed by atoms with van der Waals surface area (Å²) in [7, 11) is 1.72. The monoisotopic (exact) mass is 263 g/mol. The molecule has 1 aliphatic heterocycles. The van der Waals surface area contributed by atoms with Gasteiger partial charge in [-0.1, -0.05) is 0 Å². The van der Waals surface area contributed by atoms with Gasteiger partial charge in [0.2, 0.25) is 0 Å². The number of nitrogen functional groups attached to an aromatic ring is 1. The second-order valence-corrected chi connectivity index (χ2v) is 4.73. The van der Waals surface area contributed by atoms with E-state index in [-0.39, 0.29) is 12.0 Å². The standard InChI is InChI=1S/C14H21N3O2/c1-3-16-14(18)12-5-4-10(15)8-13(12)17-7-6-11(9-17)19-2/h4-5,8,11H,3,6-7,9,15H2,1-2H3,(H,16,18). The van der Waals surface area contributed by atoms with Crippen LogP contribution >= 0.6 is 0 Å². The van der Waals surface area contributed by atoms with Crippen molar-refractivity contribution in [3.63, 3.8) is 0 Å². The van der Waals surface area contributed by atoms with Gasteiger partial charge in [0.1, 0.15) is 0 Å². The van der Waals surface area contributed by atoms with Gasteiger partial charge in [0.25, 0.3) is 5.91 Å². The highest BCUT2D eigenvalue weighted by molar-refractivity contribution is 6.00. The van der Waals surface area contributed by atoms with Gasteiger partial charge in [-0.25, -0.2) is 0 Å². The number of rotatable bonds is 4. The SMILES string of the molecule is CCNC(=O)c1ccc(N)cc1N1CCC(OC)C1. The Balaban J connectivity index is 2.27. The fourth-order valence-electron chi connectivity index (χ4n) is 2.40. The summed E-state index contributed by atoms with van der Waals surface area (Å²) in [5, 5.41) is 2.83. The Kier molecular flexibility index (Phi) is 4.27. The average molecular weight is 263 g/mol. The van der Waals surface area contributed by atoms with Crippen molar-refractivity contribution in [3.8, 4) is 0 Å². The second kappa shape index (κ2) is 5.93. The van der Waals surface area contributed by atoms with Gasteiger partial charge in [-0.2, -0.15) is 0 Å². The Labute approximate surface area is 113 Å². The van der Waals surface area contributed by atoms with Crippen molar-refractivity contribution in [3.05, 3.63) is 23.8 Å². The maximum atomic E-state index is 12.1. The lowest BCUT2D eigenvalue weighted by atomic mass is 10.1. The lowest BCUT2D eigenvalue weighted by Gasteiger charge is -2.22. The zero-order valence-electron chi connectivity index (χ0n) is 11.5. The summed E-state index contributed by atoms with van der Waals surface area (Å²) >= 11 is 0. The summed E-state index contributed by atoms with van der Waals surface area (Å²) < 4.78 is 5.37. The number of hydrogen-bond acceptors (Lipinski definition) is 4. The molecule has 0 spiro atoms. The summed E-state index contributed by atoms with van der Waals surface area (Å²) in [4.78, 5) is 14.2. The molecule has 104 valence electrons.